The number of likely N-dealkylation sites (tertiary alicyclic amines) is 1. The molecule has 1 N–H and O–H groups in total. The first-order valence-electron chi connectivity index (χ1n) is 12.4. The number of methoxy groups -OCH3 is 1. The molecule has 0 saturated carbocycles. The Balaban J connectivity index is 2.06. The lowest BCUT2D eigenvalue weighted by Crippen LogP contribution is -2.31. The Labute approximate surface area is 211 Å². The molecule has 0 spiro atoms. The highest BCUT2D eigenvalue weighted by molar-refractivity contribution is 6.46. The number of hydrogen-bond acceptors (Lipinski definition) is 6. The first kappa shape index (κ1) is 27.2. The third kappa shape index (κ3) is 6.23. The van der Waals surface area contributed by atoms with E-state index >= 15 is 0 Å². The second kappa shape index (κ2) is 13.1. The van der Waals surface area contributed by atoms with Crippen molar-refractivity contribution in [2.75, 3.05) is 33.5 Å². The number of ether oxygens (including phenoxy) is 3. The second-order valence-corrected chi connectivity index (χ2v) is 8.54. The van der Waals surface area contributed by atoms with Gasteiger partial charge in [-0.15, -0.1) is 0 Å². The van der Waals surface area contributed by atoms with Crippen molar-refractivity contribution in [1.82, 2.24) is 4.90 Å². The van der Waals surface area contributed by atoms with Gasteiger partial charge >= 0.3 is 0 Å². The van der Waals surface area contributed by atoms with E-state index in [1.54, 1.807) is 25.3 Å². The molecule has 0 aliphatic carbocycles. The Bertz CT molecular complexity index is 1080. The van der Waals surface area contributed by atoms with Crippen LogP contribution in [0.15, 0.2) is 48.0 Å². The van der Waals surface area contributed by atoms with Crippen molar-refractivity contribution < 1.29 is 33.3 Å². The summed E-state index contributed by atoms with van der Waals surface area (Å²) in [5, 5.41) is 11.1. The quantitative estimate of drug-likeness (QED) is 0.175. The number of amides is 1. The third-order valence-electron chi connectivity index (χ3n) is 5.99. The van der Waals surface area contributed by atoms with Gasteiger partial charge in [-0.05, 0) is 61.7 Å². The average Bonchev–Trinajstić information content (AvgIpc) is 3.12. The van der Waals surface area contributed by atoms with Crippen LogP contribution in [0.25, 0.3) is 5.76 Å². The summed E-state index contributed by atoms with van der Waals surface area (Å²) < 4.78 is 30.3. The largest absolute Gasteiger partial charge is 0.507 e. The van der Waals surface area contributed by atoms with E-state index in [2.05, 4.69) is 6.92 Å². The van der Waals surface area contributed by atoms with Crippen molar-refractivity contribution >= 4 is 17.4 Å². The van der Waals surface area contributed by atoms with Crippen molar-refractivity contribution in [2.45, 2.75) is 45.6 Å². The standard InChI is InChI=1S/C28H34FNO6/c1-4-6-7-17-36-22-14-11-20(18-23(22)35-5-2)25-24(26(31)19-9-12-21(29)13-10-19)27(32)28(33)30(25)15-8-16-34-3/h9-14,18,25,31H,4-8,15-17H2,1-3H3/b26-24+. The van der Waals surface area contributed by atoms with Crippen molar-refractivity contribution in [2.24, 2.45) is 0 Å². The zero-order chi connectivity index (χ0) is 26.1. The molecule has 36 heavy (non-hydrogen) atoms. The van der Waals surface area contributed by atoms with Crippen molar-refractivity contribution in [1.29, 1.82) is 0 Å². The Kier molecular flexibility index (Phi) is 9.87. The van der Waals surface area contributed by atoms with Gasteiger partial charge in [0.05, 0.1) is 24.8 Å². The Morgan fingerprint density at radius 1 is 0.972 bits per heavy atom. The van der Waals surface area contributed by atoms with Crippen LogP contribution in [0, 0.1) is 5.82 Å². The van der Waals surface area contributed by atoms with E-state index in [0.717, 1.165) is 19.3 Å². The Morgan fingerprint density at radius 3 is 2.39 bits per heavy atom. The lowest BCUT2D eigenvalue weighted by molar-refractivity contribution is -0.140. The molecule has 2 aromatic rings. The van der Waals surface area contributed by atoms with Crippen LogP contribution in [-0.4, -0.2) is 55.2 Å². The molecule has 1 atom stereocenters. The summed E-state index contributed by atoms with van der Waals surface area (Å²) in [7, 11) is 1.56. The molecule has 1 aliphatic rings. The van der Waals surface area contributed by atoms with Gasteiger partial charge in [0, 0.05) is 25.8 Å². The van der Waals surface area contributed by atoms with Gasteiger partial charge < -0.3 is 24.2 Å². The number of halogens is 1. The third-order valence-corrected chi connectivity index (χ3v) is 5.99. The fourth-order valence-electron chi connectivity index (χ4n) is 4.22. The van der Waals surface area contributed by atoms with E-state index < -0.39 is 23.5 Å². The van der Waals surface area contributed by atoms with Crippen LogP contribution in [-0.2, 0) is 14.3 Å². The number of aliphatic hydroxyl groups is 1. The minimum absolute atomic E-state index is 0.0527. The molecule has 8 heteroatoms. The smallest absolute Gasteiger partial charge is 0.295 e. The van der Waals surface area contributed by atoms with Crippen LogP contribution in [0.2, 0.25) is 0 Å². The zero-order valence-corrected chi connectivity index (χ0v) is 21.1. The maximum atomic E-state index is 13.5. The molecule has 1 saturated heterocycles. The van der Waals surface area contributed by atoms with E-state index in [9.17, 15) is 19.1 Å². The first-order valence-corrected chi connectivity index (χ1v) is 12.4. The summed E-state index contributed by atoms with van der Waals surface area (Å²) >= 11 is 0. The minimum atomic E-state index is -0.847. The molecular formula is C28H34FNO6. The van der Waals surface area contributed by atoms with Gasteiger partial charge in [-0.3, -0.25) is 9.59 Å². The normalized spacial score (nSPS) is 17.0. The minimum Gasteiger partial charge on any atom is -0.507 e. The number of hydrogen-bond donors (Lipinski definition) is 1. The van der Waals surface area contributed by atoms with E-state index in [1.165, 1.54) is 29.2 Å². The number of carbonyl (C=O) groups is 2. The number of rotatable bonds is 13. The molecule has 0 aromatic heterocycles. The van der Waals surface area contributed by atoms with Gasteiger partial charge in [-0.2, -0.15) is 0 Å². The molecule has 0 bridgehead atoms. The van der Waals surface area contributed by atoms with Crippen LogP contribution in [0.4, 0.5) is 4.39 Å². The molecule has 194 valence electrons. The van der Waals surface area contributed by atoms with Crippen LogP contribution < -0.4 is 9.47 Å². The highest BCUT2D eigenvalue weighted by atomic mass is 19.1. The number of aliphatic hydroxyl groups excluding tert-OH is 1. The van der Waals surface area contributed by atoms with Crippen LogP contribution in [0.1, 0.15) is 56.7 Å². The number of benzene rings is 2. The van der Waals surface area contributed by atoms with E-state index in [-0.39, 0.29) is 23.4 Å². The zero-order valence-electron chi connectivity index (χ0n) is 21.1. The molecule has 3 rings (SSSR count). The van der Waals surface area contributed by atoms with Crippen LogP contribution in [0.5, 0.6) is 11.5 Å². The van der Waals surface area contributed by atoms with Gasteiger partial charge in [0.1, 0.15) is 11.6 Å². The van der Waals surface area contributed by atoms with Crippen molar-refractivity contribution in [3.05, 3.63) is 65.0 Å². The molecule has 1 heterocycles. The van der Waals surface area contributed by atoms with Gasteiger partial charge in [0.2, 0.25) is 0 Å². The van der Waals surface area contributed by atoms with Gasteiger partial charge in [-0.25, -0.2) is 4.39 Å². The summed E-state index contributed by atoms with van der Waals surface area (Å²) in [4.78, 5) is 27.6. The number of carbonyl (C=O) groups excluding carboxylic acids is 2. The fraction of sp³-hybridized carbons (Fsp3) is 0.429. The van der Waals surface area contributed by atoms with Gasteiger partial charge in [0.15, 0.2) is 11.5 Å². The van der Waals surface area contributed by atoms with E-state index in [1.807, 2.05) is 6.92 Å². The van der Waals surface area contributed by atoms with Crippen LogP contribution >= 0.6 is 0 Å². The summed E-state index contributed by atoms with van der Waals surface area (Å²) in [5.74, 6) is -1.26. The summed E-state index contributed by atoms with van der Waals surface area (Å²) in [5.41, 5.74) is 0.792. The van der Waals surface area contributed by atoms with Gasteiger partial charge in [0.25, 0.3) is 11.7 Å². The second-order valence-electron chi connectivity index (χ2n) is 8.54. The van der Waals surface area contributed by atoms with Crippen LogP contribution in [0.3, 0.4) is 0 Å². The lowest BCUT2D eigenvalue weighted by Gasteiger charge is -2.26. The molecule has 1 fully saturated rings. The van der Waals surface area contributed by atoms with E-state index in [0.29, 0.717) is 43.3 Å². The summed E-state index contributed by atoms with van der Waals surface area (Å²) in [6, 6.07) is 9.57. The van der Waals surface area contributed by atoms with Crippen molar-refractivity contribution in [3.63, 3.8) is 0 Å². The maximum absolute atomic E-state index is 13.5. The highest BCUT2D eigenvalue weighted by Gasteiger charge is 2.46. The number of ketones is 1. The highest BCUT2D eigenvalue weighted by Crippen LogP contribution is 2.42. The first-order chi connectivity index (χ1) is 17.4. The Hall–Kier alpha value is -3.39. The maximum Gasteiger partial charge on any atom is 0.295 e. The topological polar surface area (TPSA) is 85.3 Å². The SMILES string of the molecule is CCCCCOc1ccc(C2/C(=C(\O)c3ccc(F)cc3)C(=O)C(=O)N2CCCOC)cc1OCC. The molecule has 2 aromatic carbocycles. The Morgan fingerprint density at radius 2 is 1.72 bits per heavy atom. The van der Waals surface area contributed by atoms with Crippen molar-refractivity contribution in [3.8, 4) is 11.5 Å². The predicted octanol–water partition coefficient (Wildman–Crippen LogP) is 5.25. The van der Waals surface area contributed by atoms with E-state index in [4.69, 9.17) is 14.2 Å². The molecule has 7 nitrogen and oxygen atoms in total. The van der Waals surface area contributed by atoms with Gasteiger partial charge in [-0.1, -0.05) is 25.8 Å². The number of nitrogens with zero attached hydrogens (tertiary/aromatic N) is 1. The number of unbranched alkanes of at least 4 members (excludes halogenated alkanes) is 2. The molecule has 0 radical (unpaired) electrons. The fourth-order valence-corrected chi connectivity index (χ4v) is 4.22. The molecule has 1 amide bonds. The molecular weight excluding hydrogens is 465 g/mol. The summed E-state index contributed by atoms with van der Waals surface area (Å²) in [6.45, 7) is 5.59. The average molecular weight is 500 g/mol. The summed E-state index contributed by atoms with van der Waals surface area (Å²) in [6.07, 6.45) is 3.56. The monoisotopic (exact) mass is 499 g/mol. The lowest BCUT2D eigenvalue weighted by atomic mass is 9.95. The number of Topliss-reactive ketones (excluding diaryl/α,β-unsaturated/α-hetero) is 1. The molecule has 1 aliphatic heterocycles. The molecule has 1 unspecified atom stereocenters. The predicted molar refractivity (Wildman–Crippen MR) is 135 cm³/mol.